The fraction of sp³-hybridized carbons (Fsp3) is 0.548. The van der Waals surface area contributed by atoms with E-state index in [-0.39, 0.29) is 46.9 Å². The molecule has 2 saturated carbocycles. The van der Waals surface area contributed by atoms with Gasteiger partial charge in [-0.1, -0.05) is 18.2 Å². The summed E-state index contributed by atoms with van der Waals surface area (Å²) in [7, 11) is 2.71. The molecule has 59 heavy (non-hydrogen) atoms. The van der Waals surface area contributed by atoms with Crippen LogP contribution in [0, 0.1) is 0 Å². The molecule has 316 valence electrons. The summed E-state index contributed by atoms with van der Waals surface area (Å²) in [6, 6.07) is 6.44. The second-order valence-electron chi connectivity index (χ2n) is 16.8. The van der Waals surface area contributed by atoms with Crippen LogP contribution < -0.4 is 14.8 Å². The summed E-state index contributed by atoms with van der Waals surface area (Å²) in [5, 5.41) is 47.3. The van der Waals surface area contributed by atoms with E-state index in [2.05, 4.69) is 16.8 Å². The molecule has 15 nitrogen and oxygen atoms in total. The second kappa shape index (κ2) is 14.7. The summed E-state index contributed by atoms with van der Waals surface area (Å²) in [4.78, 5) is 61.8. The van der Waals surface area contributed by atoms with Crippen LogP contribution >= 0.6 is 23.2 Å². The highest BCUT2D eigenvalue weighted by atomic mass is 35.5. The number of hydrogen-bond donors (Lipinski definition) is 5. The molecule has 8 atom stereocenters. The molecule has 0 radical (unpaired) electrons. The highest BCUT2D eigenvalue weighted by Crippen LogP contribution is 2.65. The van der Waals surface area contributed by atoms with Gasteiger partial charge in [-0.05, 0) is 68.3 Å². The number of ketones is 2. The normalized spacial score (nSPS) is 35.1. The number of Topliss-reactive ketones (excluding diaryl/α,β-unsaturated/α-hetero) is 2. The van der Waals surface area contributed by atoms with Crippen LogP contribution in [0.3, 0.4) is 0 Å². The van der Waals surface area contributed by atoms with Crippen LogP contribution in [0.15, 0.2) is 36.9 Å². The molecule has 5 N–H and O–H groups in total. The number of likely N-dealkylation sites (tertiary alicyclic amines) is 1. The van der Waals surface area contributed by atoms with E-state index in [1.165, 1.54) is 14.1 Å². The number of barbiturate groups is 1. The SMILES string of the molecule is C=CCN1CC[C@]23c4c5ccc(O)c4O[C@H]2C(=O)CCC3(O)[C@H]1C5.CN1C(=O)CC(=O)N(C)C1=O.ClCCl.O=C1CCC2(O)[C@H]3Cc4ccc(O)c5c4[C@@]2(CCN3)[C@H]1O5. The van der Waals surface area contributed by atoms with E-state index < -0.39 is 52.1 Å². The van der Waals surface area contributed by atoms with Gasteiger partial charge in [0, 0.05) is 63.2 Å². The van der Waals surface area contributed by atoms with Gasteiger partial charge < -0.3 is 35.2 Å². The second-order valence-corrected chi connectivity index (χ2v) is 17.6. The summed E-state index contributed by atoms with van der Waals surface area (Å²) in [5.41, 5.74) is 0.588. The number of carbonyl (C=O) groups excluding carboxylic acids is 5. The molecular weight excluding hydrogens is 807 g/mol. The minimum Gasteiger partial charge on any atom is -0.504 e. The molecule has 5 fully saturated rings. The third-order valence-corrected chi connectivity index (χ3v) is 14.4. The van der Waals surface area contributed by atoms with E-state index in [1.54, 1.807) is 12.1 Å². The Morgan fingerprint density at radius 1 is 0.797 bits per heavy atom. The van der Waals surface area contributed by atoms with Gasteiger partial charge in [0.1, 0.15) is 6.42 Å². The Morgan fingerprint density at radius 2 is 1.31 bits per heavy atom. The van der Waals surface area contributed by atoms with Crippen molar-refractivity contribution in [2.24, 2.45) is 0 Å². The molecule has 17 heteroatoms. The smallest absolute Gasteiger partial charge is 0.332 e. The Morgan fingerprint density at radius 3 is 1.85 bits per heavy atom. The quantitative estimate of drug-likeness (QED) is 0.168. The number of nitrogens with zero attached hydrogens (tertiary/aromatic N) is 3. The Bertz CT molecular complexity index is 2150. The lowest BCUT2D eigenvalue weighted by Gasteiger charge is -2.62. The molecule has 4 amide bonds. The predicted molar refractivity (Wildman–Crippen MR) is 213 cm³/mol. The van der Waals surface area contributed by atoms with Crippen LogP contribution in [-0.2, 0) is 42.8 Å². The summed E-state index contributed by atoms with van der Waals surface area (Å²) >= 11 is 9.53. The standard InChI is InChI=1S/C19H21NO4.C16H17NO4.C6H8N2O3.CH2Cl2/c1-2-8-20-9-7-18-15-11-3-4-12(21)16(15)24-17(18)13(22)5-6-19(18,23)14(20)10-11;18-9-2-1-8-7-11-16(20)4-3-10(19)14-15(16,5-6-17-11)12(8)13(9)21-14;1-7-4(9)3-5(10)8(2)6(7)11;2-1-3/h2-4,14,17,21,23H,1,5-10H2;1-2,11,14,17-18,20H,3-7H2;3H2,1-2H3;1H2/t14-,17+,18+,19?;11-,14+,15+,16?;;/m11../s1. The van der Waals surface area contributed by atoms with Crippen LogP contribution in [0.5, 0.6) is 23.0 Å². The molecular formula is C42H48Cl2N4O11. The number of carbonyl (C=O) groups is 5. The lowest BCUT2D eigenvalue weighted by atomic mass is 9.49. The Labute approximate surface area is 350 Å². The van der Waals surface area contributed by atoms with Crippen LogP contribution in [0.4, 0.5) is 4.79 Å². The Hall–Kier alpha value is -4.25. The molecule has 3 saturated heterocycles. The minimum absolute atomic E-state index is 0.0408. The van der Waals surface area contributed by atoms with Crippen molar-refractivity contribution in [2.75, 3.05) is 39.1 Å². The van der Waals surface area contributed by atoms with Crippen LogP contribution in [-0.4, -0.2) is 139 Å². The van der Waals surface area contributed by atoms with E-state index in [1.807, 2.05) is 18.2 Å². The zero-order valence-electron chi connectivity index (χ0n) is 32.8. The summed E-state index contributed by atoms with van der Waals surface area (Å²) < 4.78 is 11.9. The number of phenolic OH excluding ortho intramolecular Hbond substituents is 2. The number of urea groups is 1. The molecule has 11 rings (SSSR count). The van der Waals surface area contributed by atoms with Gasteiger partial charge in [-0.25, -0.2) is 4.79 Å². The molecule has 5 heterocycles. The van der Waals surface area contributed by atoms with Crippen molar-refractivity contribution in [1.29, 1.82) is 0 Å². The number of alkyl halides is 2. The number of halogens is 2. The maximum Gasteiger partial charge on any atom is 0.332 e. The average molecular weight is 856 g/mol. The number of aromatic hydroxyl groups is 2. The van der Waals surface area contributed by atoms with Gasteiger partial charge in [0.2, 0.25) is 11.8 Å². The van der Waals surface area contributed by atoms with E-state index >= 15 is 0 Å². The van der Waals surface area contributed by atoms with Crippen LogP contribution in [0.1, 0.15) is 67.2 Å². The number of rotatable bonds is 2. The van der Waals surface area contributed by atoms with Gasteiger partial charge in [-0.15, -0.1) is 29.8 Å². The fourth-order valence-electron chi connectivity index (χ4n) is 11.8. The first-order valence-corrected chi connectivity index (χ1v) is 20.9. The first-order valence-electron chi connectivity index (χ1n) is 19.9. The van der Waals surface area contributed by atoms with Crippen LogP contribution in [0.25, 0.3) is 0 Å². The highest BCUT2D eigenvalue weighted by Gasteiger charge is 2.74. The molecule has 2 aromatic carbocycles. The van der Waals surface area contributed by atoms with Crippen molar-refractivity contribution in [2.45, 2.75) is 104 Å². The van der Waals surface area contributed by atoms with E-state index in [9.17, 15) is 44.4 Å². The zero-order valence-corrected chi connectivity index (χ0v) is 34.4. The first-order chi connectivity index (χ1) is 28.1. The van der Waals surface area contributed by atoms with E-state index in [0.717, 1.165) is 51.7 Å². The first kappa shape index (κ1) is 41.5. The molecule has 4 bridgehead atoms. The number of nitrogens with one attached hydrogen (secondary N) is 1. The maximum atomic E-state index is 12.6. The molecule has 2 aromatic rings. The fourth-order valence-corrected chi connectivity index (χ4v) is 11.8. The Kier molecular flexibility index (Phi) is 10.4. The van der Waals surface area contributed by atoms with Crippen molar-refractivity contribution < 1.29 is 53.9 Å². The number of phenols is 2. The molecule has 5 aliphatic heterocycles. The maximum absolute atomic E-state index is 12.6. The van der Waals surface area contributed by atoms with Gasteiger partial charge >= 0.3 is 6.03 Å². The van der Waals surface area contributed by atoms with Gasteiger partial charge in [0.25, 0.3) is 0 Å². The third-order valence-electron chi connectivity index (χ3n) is 14.4. The number of benzene rings is 2. The average Bonchev–Trinajstić information content (AvgIpc) is 3.75. The van der Waals surface area contributed by atoms with Gasteiger partial charge in [0.05, 0.1) is 27.4 Å². The minimum atomic E-state index is -1.00. The van der Waals surface area contributed by atoms with Crippen molar-refractivity contribution >= 4 is 52.6 Å². The summed E-state index contributed by atoms with van der Waals surface area (Å²) in [5.74, 6) is 0.177. The number of hydrogen-bond acceptors (Lipinski definition) is 13. The van der Waals surface area contributed by atoms with Crippen molar-refractivity contribution in [3.05, 3.63) is 59.2 Å². The van der Waals surface area contributed by atoms with E-state index in [0.29, 0.717) is 62.9 Å². The molecule has 2 spiro atoms. The Balaban J connectivity index is 0.000000126. The third kappa shape index (κ3) is 5.64. The van der Waals surface area contributed by atoms with Crippen molar-refractivity contribution in [3.63, 3.8) is 0 Å². The zero-order chi connectivity index (χ0) is 42.4. The van der Waals surface area contributed by atoms with Crippen molar-refractivity contribution in [1.82, 2.24) is 20.0 Å². The number of piperidine rings is 2. The number of amides is 4. The molecule has 0 aromatic heterocycles. The van der Waals surface area contributed by atoms with E-state index in [4.69, 9.17) is 32.7 Å². The van der Waals surface area contributed by atoms with Crippen molar-refractivity contribution in [3.8, 4) is 23.0 Å². The molecule has 9 aliphatic rings. The number of ether oxygens (including phenoxy) is 2. The lowest BCUT2D eigenvalue weighted by Crippen LogP contribution is -2.76. The van der Waals surface area contributed by atoms with Gasteiger partial charge in [0.15, 0.2) is 46.8 Å². The largest absolute Gasteiger partial charge is 0.504 e. The highest BCUT2D eigenvalue weighted by molar-refractivity contribution is 6.40. The van der Waals surface area contributed by atoms with Crippen LogP contribution in [0.2, 0.25) is 0 Å². The molecule has 4 aliphatic carbocycles. The summed E-state index contributed by atoms with van der Waals surface area (Å²) in [6.45, 7) is 6.12. The molecule has 2 unspecified atom stereocenters. The number of imide groups is 2. The topological polar surface area (TPSA) is 206 Å². The van der Waals surface area contributed by atoms with Gasteiger partial charge in [-0.2, -0.15) is 0 Å². The number of aliphatic hydroxyl groups is 2. The summed E-state index contributed by atoms with van der Waals surface area (Å²) in [6.07, 6.45) is 4.68. The monoisotopic (exact) mass is 854 g/mol. The lowest BCUT2D eigenvalue weighted by molar-refractivity contribution is -0.187. The predicted octanol–water partition coefficient (Wildman–Crippen LogP) is 2.55. The van der Waals surface area contributed by atoms with Gasteiger partial charge in [-0.3, -0.25) is 33.9 Å².